The van der Waals surface area contributed by atoms with Gasteiger partial charge in [0.2, 0.25) is 0 Å². The Balaban J connectivity index is 0.000000775. The van der Waals surface area contributed by atoms with Crippen molar-refractivity contribution in [3.8, 4) is 0 Å². The van der Waals surface area contributed by atoms with Crippen molar-refractivity contribution in [2.45, 2.75) is 46.5 Å². The summed E-state index contributed by atoms with van der Waals surface area (Å²) in [6, 6.07) is 5.90. The molecule has 0 fully saturated rings. The monoisotopic (exact) mass is 289 g/mol. The number of carbonyl (C=O) groups is 1. The molecule has 2 heterocycles. The third-order valence-electron chi connectivity index (χ3n) is 4.20. The largest absolute Gasteiger partial charge is 0.358 e. The molecular weight excluding hydrogens is 262 g/mol. The molecule has 1 atom stereocenters. The minimum Gasteiger partial charge on any atom is -0.358 e. The van der Waals surface area contributed by atoms with Crippen LogP contribution in [0.4, 0.5) is 10.5 Å². The maximum absolute atomic E-state index is 11.4. The second-order valence-electron chi connectivity index (χ2n) is 5.30. The first-order valence-electron chi connectivity index (χ1n) is 7.83. The molecule has 116 valence electrons. The van der Waals surface area contributed by atoms with Crippen molar-refractivity contribution in [1.29, 1.82) is 0 Å². The Morgan fingerprint density at radius 1 is 1.48 bits per heavy atom. The number of H-pyrrole nitrogens is 1. The number of nitrogens with one attached hydrogen (secondary N) is 1. The van der Waals surface area contributed by atoms with Gasteiger partial charge in [0.1, 0.15) is 0 Å². The van der Waals surface area contributed by atoms with Gasteiger partial charge in [-0.15, -0.1) is 0 Å². The van der Waals surface area contributed by atoms with Gasteiger partial charge in [0.15, 0.2) is 0 Å². The summed E-state index contributed by atoms with van der Waals surface area (Å²) in [5.74, 6) is 0.525. The lowest BCUT2D eigenvalue weighted by atomic mass is 10.0. The molecule has 3 N–H and O–H groups in total. The third kappa shape index (κ3) is 2.62. The first-order chi connectivity index (χ1) is 10.1. The number of aromatic amines is 1. The van der Waals surface area contributed by atoms with E-state index in [1.54, 1.807) is 4.90 Å². The molecule has 21 heavy (non-hydrogen) atoms. The fraction of sp³-hybridized carbons (Fsp3) is 0.471. The summed E-state index contributed by atoms with van der Waals surface area (Å²) in [4.78, 5) is 16.5. The van der Waals surface area contributed by atoms with Crippen molar-refractivity contribution < 1.29 is 6.22 Å². The Hall–Kier alpha value is -1.97. The van der Waals surface area contributed by atoms with E-state index < -0.39 is 0 Å². The number of carbonyl (C=O) groups excluding carboxylic acids is 1. The lowest BCUT2D eigenvalue weighted by Gasteiger charge is -2.13. The minimum absolute atomic E-state index is 0. The Morgan fingerprint density at radius 2 is 2.19 bits per heavy atom. The molecular formula is C17H27N3O. The maximum Gasteiger partial charge on any atom is 0.319 e. The van der Waals surface area contributed by atoms with Crippen LogP contribution in [0, 0.1) is 0 Å². The predicted octanol–water partition coefficient (Wildman–Crippen LogP) is 4.39. The molecule has 1 aromatic heterocycles. The van der Waals surface area contributed by atoms with Gasteiger partial charge in [0.25, 0.3) is 0 Å². The van der Waals surface area contributed by atoms with Crippen molar-refractivity contribution in [2.24, 2.45) is 5.73 Å². The highest BCUT2D eigenvalue weighted by Crippen LogP contribution is 2.35. The van der Waals surface area contributed by atoms with E-state index in [2.05, 4.69) is 24.9 Å². The zero-order valence-electron chi connectivity index (χ0n) is 13.4. The first kappa shape index (κ1) is 15.4. The van der Waals surface area contributed by atoms with Crippen LogP contribution < -0.4 is 10.6 Å². The normalized spacial score (nSPS) is 14.6. The average molecular weight is 289 g/mol. The molecule has 0 saturated heterocycles. The van der Waals surface area contributed by atoms with E-state index in [9.17, 15) is 4.79 Å². The molecule has 0 saturated carbocycles. The van der Waals surface area contributed by atoms with Gasteiger partial charge in [0, 0.05) is 30.3 Å². The van der Waals surface area contributed by atoms with Crippen LogP contribution in [0.15, 0.2) is 18.2 Å². The Kier molecular flexibility index (Phi) is 4.56. The van der Waals surface area contributed by atoms with Crippen molar-refractivity contribution in [3.63, 3.8) is 0 Å². The molecule has 0 bridgehead atoms. The van der Waals surface area contributed by atoms with Gasteiger partial charge in [-0.2, -0.15) is 0 Å². The molecule has 4 nitrogen and oxygen atoms in total. The predicted molar refractivity (Wildman–Crippen MR) is 91.1 cm³/mol. The van der Waals surface area contributed by atoms with Crippen molar-refractivity contribution in [3.05, 3.63) is 29.5 Å². The quantitative estimate of drug-likeness (QED) is 0.846. The number of urea groups is 1. The number of fused-ring (bicyclic) bond motifs is 3. The minimum atomic E-state index is -0.365. The molecule has 1 unspecified atom stereocenters. The molecule has 2 aromatic rings. The van der Waals surface area contributed by atoms with E-state index in [1.165, 1.54) is 16.6 Å². The number of primary amides is 1. The van der Waals surface area contributed by atoms with Crippen LogP contribution in [0.3, 0.4) is 0 Å². The maximum atomic E-state index is 11.4. The van der Waals surface area contributed by atoms with Crippen LogP contribution in [0.2, 0.25) is 0 Å². The van der Waals surface area contributed by atoms with E-state index in [1.807, 2.05) is 26.0 Å². The number of hydrogen-bond acceptors (Lipinski definition) is 1. The van der Waals surface area contributed by atoms with Gasteiger partial charge in [-0.1, -0.05) is 27.7 Å². The molecule has 1 aliphatic heterocycles. The fourth-order valence-electron chi connectivity index (χ4n) is 2.85. The molecule has 3 rings (SSSR count). The summed E-state index contributed by atoms with van der Waals surface area (Å²) in [6.45, 7) is 9.10. The van der Waals surface area contributed by atoms with Gasteiger partial charge in [-0.25, -0.2) is 4.79 Å². The summed E-state index contributed by atoms with van der Waals surface area (Å²) in [6.07, 6.45) is 2.00. The Bertz CT molecular complexity index is 651. The summed E-state index contributed by atoms with van der Waals surface area (Å²) >= 11 is 0. The molecule has 4 heteroatoms. The van der Waals surface area contributed by atoms with Gasteiger partial charge in [-0.05, 0) is 42.5 Å². The second kappa shape index (κ2) is 6.20. The lowest BCUT2D eigenvalue weighted by Crippen LogP contribution is -2.33. The number of amides is 2. The summed E-state index contributed by atoms with van der Waals surface area (Å²) in [5.41, 5.74) is 10.0. The lowest BCUT2D eigenvalue weighted by molar-refractivity contribution is 0.254. The number of nitrogens with zero attached hydrogens (tertiary/aromatic N) is 1. The standard InChI is InChI=1S/C15H19N3O.C2H6.H2/c1-3-9(2)13-8-11-10-6-7-18(15(16)19)14(10)5-4-12(11)17-13;1-2;/h4-5,8-9,17H,3,6-7H2,1-2H3,(H2,16,19);1-2H3;1H. The third-order valence-corrected chi connectivity index (χ3v) is 4.20. The van der Waals surface area contributed by atoms with E-state index >= 15 is 0 Å². The van der Waals surface area contributed by atoms with Crippen molar-refractivity contribution in [2.75, 3.05) is 11.4 Å². The fourth-order valence-corrected chi connectivity index (χ4v) is 2.85. The van der Waals surface area contributed by atoms with Crippen LogP contribution in [0.1, 0.15) is 52.7 Å². The molecule has 2 amide bonds. The number of rotatable bonds is 2. The van der Waals surface area contributed by atoms with E-state index in [0.29, 0.717) is 12.5 Å². The summed E-state index contributed by atoms with van der Waals surface area (Å²) < 4.78 is 0. The average Bonchev–Trinajstić information content (AvgIpc) is 3.11. The number of aromatic nitrogens is 1. The number of hydrogen-bond donors (Lipinski definition) is 2. The summed E-state index contributed by atoms with van der Waals surface area (Å²) in [5, 5.41) is 1.23. The molecule has 1 aromatic carbocycles. The van der Waals surface area contributed by atoms with Crippen LogP contribution in [-0.4, -0.2) is 17.6 Å². The topological polar surface area (TPSA) is 62.1 Å². The van der Waals surface area contributed by atoms with E-state index in [4.69, 9.17) is 5.73 Å². The van der Waals surface area contributed by atoms with Crippen LogP contribution >= 0.6 is 0 Å². The smallest absolute Gasteiger partial charge is 0.319 e. The highest BCUT2D eigenvalue weighted by Gasteiger charge is 2.25. The molecule has 0 aliphatic carbocycles. The Morgan fingerprint density at radius 3 is 2.81 bits per heavy atom. The van der Waals surface area contributed by atoms with Gasteiger partial charge in [-0.3, -0.25) is 4.90 Å². The first-order valence-corrected chi connectivity index (χ1v) is 7.83. The summed E-state index contributed by atoms with van der Waals surface area (Å²) in [7, 11) is 0. The van der Waals surface area contributed by atoms with Gasteiger partial charge >= 0.3 is 6.03 Å². The Labute approximate surface area is 127 Å². The highest BCUT2D eigenvalue weighted by atomic mass is 16.2. The van der Waals surface area contributed by atoms with E-state index in [-0.39, 0.29) is 7.46 Å². The van der Waals surface area contributed by atoms with E-state index in [0.717, 1.165) is 24.0 Å². The van der Waals surface area contributed by atoms with Gasteiger partial charge < -0.3 is 10.7 Å². The SMILES string of the molecule is CC.CCC(C)c1cc2c3c(ccc2[nH]1)N(C(N)=O)CC3.[HH]. The van der Waals surface area contributed by atoms with Crippen LogP contribution in [-0.2, 0) is 6.42 Å². The van der Waals surface area contributed by atoms with Crippen molar-refractivity contribution in [1.82, 2.24) is 4.98 Å². The molecule has 0 radical (unpaired) electrons. The van der Waals surface area contributed by atoms with Gasteiger partial charge in [0.05, 0.1) is 0 Å². The van der Waals surface area contributed by atoms with Crippen LogP contribution in [0.5, 0.6) is 0 Å². The zero-order chi connectivity index (χ0) is 15.6. The van der Waals surface area contributed by atoms with Crippen molar-refractivity contribution >= 4 is 22.6 Å². The molecule has 1 aliphatic rings. The second-order valence-corrected chi connectivity index (χ2v) is 5.30. The number of nitrogens with two attached hydrogens (primary N) is 1. The zero-order valence-corrected chi connectivity index (χ0v) is 13.4. The molecule has 0 spiro atoms. The number of anilines is 1. The van der Waals surface area contributed by atoms with Crippen LogP contribution in [0.25, 0.3) is 10.9 Å². The highest BCUT2D eigenvalue weighted by molar-refractivity contribution is 5.99. The number of benzene rings is 1.